The topological polar surface area (TPSA) is 59.8 Å². The van der Waals surface area contributed by atoms with Gasteiger partial charge in [0.2, 0.25) is 11.8 Å². The number of aliphatic imine (C=N–C) groups is 1. The summed E-state index contributed by atoms with van der Waals surface area (Å²) in [5, 5.41) is 0. The maximum absolute atomic E-state index is 5.78. The molecule has 0 aliphatic rings. The quantitative estimate of drug-likeness (QED) is 0.530. The molecule has 2 heterocycles. The molecule has 0 bridgehead atoms. The lowest BCUT2D eigenvalue weighted by Gasteiger charge is -2.11. The molecule has 7 heteroatoms. The summed E-state index contributed by atoms with van der Waals surface area (Å²) in [6.07, 6.45) is 3.51. The molecule has 0 atom stereocenters. The van der Waals surface area contributed by atoms with Crippen molar-refractivity contribution < 1.29 is 9.47 Å². The fraction of sp³-hybridized carbons (Fsp3) is 0.353. The number of aryl methyl sites for hydroxylation is 1. The summed E-state index contributed by atoms with van der Waals surface area (Å²) in [4.78, 5) is 15.1. The Labute approximate surface area is 150 Å². The molecule has 0 fully saturated rings. The third kappa shape index (κ3) is 4.92. The highest BCUT2D eigenvalue weighted by molar-refractivity contribution is 9.10. The molecule has 0 spiro atoms. The van der Waals surface area contributed by atoms with Crippen molar-refractivity contribution in [3.05, 3.63) is 40.1 Å². The van der Waals surface area contributed by atoms with Crippen LogP contribution in [0.15, 0.2) is 33.9 Å². The van der Waals surface area contributed by atoms with Gasteiger partial charge in [-0.1, -0.05) is 0 Å². The minimum atomic E-state index is 0.378. The standard InChI is InChI=1S/C17H21BrN4O2/c1-5-22(3)11-20-15-8-14(18)17(21-12(15)2)24-10-13-6-7-16(23-4)19-9-13/h6-9,11H,5,10H2,1-4H3/b20-11+. The third-order valence-corrected chi connectivity index (χ3v) is 3.95. The molecule has 0 aliphatic heterocycles. The van der Waals surface area contributed by atoms with E-state index < -0.39 is 0 Å². The average molecular weight is 393 g/mol. The predicted molar refractivity (Wildman–Crippen MR) is 98.3 cm³/mol. The first-order valence-electron chi connectivity index (χ1n) is 7.56. The molecule has 0 N–H and O–H groups in total. The Morgan fingerprint density at radius 3 is 2.79 bits per heavy atom. The second kappa shape index (κ2) is 8.63. The molecule has 0 saturated heterocycles. The molecule has 24 heavy (non-hydrogen) atoms. The first-order chi connectivity index (χ1) is 11.5. The monoisotopic (exact) mass is 392 g/mol. The number of ether oxygens (including phenoxy) is 2. The van der Waals surface area contributed by atoms with Gasteiger partial charge in [-0.05, 0) is 41.9 Å². The van der Waals surface area contributed by atoms with Crippen molar-refractivity contribution >= 4 is 28.0 Å². The zero-order valence-electron chi connectivity index (χ0n) is 14.3. The van der Waals surface area contributed by atoms with Gasteiger partial charge in [0.1, 0.15) is 6.61 Å². The number of hydrogen-bond acceptors (Lipinski definition) is 5. The lowest BCUT2D eigenvalue weighted by molar-refractivity contribution is 0.290. The summed E-state index contributed by atoms with van der Waals surface area (Å²) in [5.41, 5.74) is 2.55. The van der Waals surface area contributed by atoms with Crippen LogP contribution in [0.2, 0.25) is 0 Å². The number of halogens is 1. The number of methoxy groups -OCH3 is 1. The zero-order chi connectivity index (χ0) is 17.5. The molecule has 6 nitrogen and oxygen atoms in total. The van der Waals surface area contributed by atoms with Gasteiger partial charge in [-0.25, -0.2) is 15.0 Å². The van der Waals surface area contributed by atoms with Gasteiger partial charge in [-0.2, -0.15) is 0 Å². The largest absolute Gasteiger partial charge is 0.481 e. The van der Waals surface area contributed by atoms with Crippen LogP contribution in [0.3, 0.4) is 0 Å². The van der Waals surface area contributed by atoms with Crippen LogP contribution in [0.4, 0.5) is 5.69 Å². The van der Waals surface area contributed by atoms with Gasteiger partial charge in [0.05, 0.1) is 29.3 Å². The van der Waals surface area contributed by atoms with Crippen LogP contribution in [-0.4, -0.2) is 41.9 Å². The highest BCUT2D eigenvalue weighted by atomic mass is 79.9. The van der Waals surface area contributed by atoms with Crippen molar-refractivity contribution in [3.8, 4) is 11.8 Å². The first kappa shape index (κ1) is 18.2. The van der Waals surface area contributed by atoms with Crippen LogP contribution in [-0.2, 0) is 6.61 Å². The number of pyridine rings is 2. The van der Waals surface area contributed by atoms with E-state index in [1.54, 1.807) is 25.7 Å². The highest BCUT2D eigenvalue weighted by Gasteiger charge is 2.09. The van der Waals surface area contributed by atoms with Gasteiger partial charge < -0.3 is 14.4 Å². The molecular weight excluding hydrogens is 372 g/mol. The number of hydrogen-bond donors (Lipinski definition) is 0. The third-order valence-electron chi connectivity index (χ3n) is 3.38. The van der Waals surface area contributed by atoms with Crippen molar-refractivity contribution in [3.63, 3.8) is 0 Å². The van der Waals surface area contributed by atoms with E-state index in [0.717, 1.165) is 28.0 Å². The molecular formula is C17H21BrN4O2. The van der Waals surface area contributed by atoms with E-state index in [1.807, 2.05) is 31.0 Å². The van der Waals surface area contributed by atoms with E-state index in [9.17, 15) is 0 Å². The fourth-order valence-corrected chi connectivity index (χ4v) is 2.21. The molecule has 0 unspecified atom stereocenters. The zero-order valence-corrected chi connectivity index (χ0v) is 15.9. The molecule has 128 valence electrons. The van der Waals surface area contributed by atoms with E-state index >= 15 is 0 Å². The van der Waals surface area contributed by atoms with Crippen LogP contribution < -0.4 is 9.47 Å². The van der Waals surface area contributed by atoms with Crippen molar-refractivity contribution in [2.45, 2.75) is 20.5 Å². The maximum atomic E-state index is 5.78. The van der Waals surface area contributed by atoms with Gasteiger partial charge in [-0.3, -0.25) is 0 Å². The molecule has 0 aliphatic carbocycles. The SMILES string of the molecule is CCN(C)/C=N/c1cc(Br)c(OCc2ccc(OC)nc2)nc1C. The minimum absolute atomic E-state index is 0.378. The van der Waals surface area contributed by atoms with Crippen molar-refractivity contribution in [1.29, 1.82) is 0 Å². The number of nitrogens with zero attached hydrogens (tertiary/aromatic N) is 4. The van der Waals surface area contributed by atoms with E-state index in [1.165, 1.54) is 0 Å². The second-order valence-electron chi connectivity index (χ2n) is 5.20. The Morgan fingerprint density at radius 2 is 2.17 bits per heavy atom. The van der Waals surface area contributed by atoms with E-state index in [2.05, 4.69) is 37.8 Å². The van der Waals surface area contributed by atoms with Crippen LogP contribution in [0, 0.1) is 6.92 Å². The van der Waals surface area contributed by atoms with E-state index in [4.69, 9.17) is 9.47 Å². The molecule has 2 aromatic rings. The highest BCUT2D eigenvalue weighted by Crippen LogP contribution is 2.30. The van der Waals surface area contributed by atoms with Crippen LogP contribution in [0.25, 0.3) is 0 Å². The predicted octanol–water partition coefficient (Wildman–Crippen LogP) is 3.75. The Balaban J connectivity index is 2.08. The van der Waals surface area contributed by atoms with Gasteiger partial charge >= 0.3 is 0 Å². The fourth-order valence-electron chi connectivity index (χ4n) is 1.79. The number of rotatable bonds is 7. The van der Waals surface area contributed by atoms with Gasteiger partial charge in [0.15, 0.2) is 0 Å². The lowest BCUT2D eigenvalue weighted by atomic mass is 10.3. The van der Waals surface area contributed by atoms with Crippen LogP contribution >= 0.6 is 15.9 Å². The van der Waals surface area contributed by atoms with Gasteiger partial charge in [0.25, 0.3) is 0 Å². The summed E-state index contributed by atoms with van der Waals surface area (Å²) in [6, 6.07) is 5.62. The van der Waals surface area contributed by atoms with Crippen LogP contribution in [0.1, 0.15) is 18.2 Å². The summed E-state index contributed by atoms with van der Waals surface area (Å²) < 4.78 is 11.6. The van der Waals surface area contributed by atoms with Crippen molar-refractivity contribution in [1.82, 2.24) is 14.9 Å². The van der Waals surface area contributed by atoms with Gasteiger partial charge in [-0.15, -0.1) is 0 Å². The lowest BCUT2D eigenvalue weighted by Crippen LogP contribution is -2.14. The average Bonchev–Trinajstić information content (AvgIpc) is 2.61. The van der Waals surface area contributed by atoms with Crippen molar-refractivity contribution in [2.75, 3.05) is 20.7 Å². The number of aromatic nitrogens is 2. The second-order valence-corrected chi connectivity index (χ2v) is 6.05. The smallest absolute Gasteiger partial charge is 0.228 e. The van der Waals surface area contributed by atoms with E-state index in [-0.39, 0.29) is 0 Å². The molecule has 0 saturated carbocycles. The Morgan fingerprint density at radius 1 is 1.38 bits per heavy atom. The Kier molecular flexibility index (Phi) is 6.54. The van der Waals surface area contributed by atoms with Crippen LogP contribution in [0.5, 0.6) is 11.8 Å². The Bertz CT molecular complexity index is 704. The molecule has 0 amide bonds. The maximum Gasteiger partial charge on any atom is 0.228 e. The minimum Gasteiger partial charge on any atom is -0.481 e. The summed E-state index contributed by atoms with van der Waals surface area (Å²) >= 11 is 3.49. The normalized spacial score (nSPS) is 10.9. The Hall–Kier alpha value is -2.15. The summed E-state index contributed by atoms with van der Waals surface area (Å²) in [6.45, 7) is 5.25. The summed E-state index contributed by atoms with van der Waals surface area (Å²) in [7, 11) is 3.56. The molecule has 2 rings (SSSR count). The molecule has 0 radical (unpaired) electrons. The molecule has 2 aromatic heterocycles. The van der Waals surface area contributed by atoms with Crippen molar-refractivity contribution in [2.24, 2.45) is 4.99 Å². The summed E-state index contributed by atoms with van der Waals surface area (Å²) in [5.74, 6) is 1.11. The van der Waals surface area contributed by atoms with Gasteiger partial charge in [0, 0.05) is 31.4 Å². The van der Waals surface area contributed by atoms with E-state index in [0.29, 0.717) is 18.4 Å². The first-order valence-corrected chi connectivity index (χ1v) is 8.36. The molecule has 0 aromatic carbocycles.